The Hall–Kier alpha value is -2.96. The molecule has 1 unspecified atom stereocenters. The van der Waals surface area contributed by atoms with E-state index in [0.717, 1.165) is 0 Å². The quantitative estimate of drug-likeness (QED) is 0.566. The van der Waals surface area contributed by atoms with Crippen molar-refractivity contribution in [1.29, 1.82) is 0 Å². The van der Waals surface area contributed by atoms with E-state index < -0.39 is 29.2 Å². The number of aromatic nitrogens is 2. The Morgan fingerprint density at radius 2 is 2.03 bits per heavy atom. The molecule has 2 aromatic rings. The molecule has 1 fully saturated rings. The highest BCUT2D eigenvalue weighted by atomic mass is 32.2. The number of hydrogen-bond donors (Lipinski definition) is 3. The predicted octanol–water partition coefficient (Wildman–Crippen LogP) is 0.315. The summed E-state index contributed by atoms with van der Waals surface area (Å²) < 4.78 is 0. The third-order valence-electron chi connectivity index (χ3n) is 4.61. The van der Waals surface area contributed by atoms with Gasteiger partial charge >= 0.3 is 5.97 Å². The highest BCUT2D eigenvalue weighted by Gasteiger charge is 2.57. The van der Waals surface area contributed by atoms with Crippen molar-refractivity contribution in [3.63, 3.8) is 0 Å². The van der Waals surface area contributed by atoms with Gasteiger partial charge in [-0.05, 0) is 24.3 Å². The van der Waals surface area contributed by atoms with Gasteiger partial charge in [-0.1, -0.05) is 0 Å². The minimum absolute atomic E-state index is 0.0142. The van der Waals surface area contributed by atoms with E-state index in [9.17, 15) is 24.6 Å². The molecule has 12 heteroatoms. The molecule has 29 heavy (non-hydrogen) atoms. The molecule has 150 valence electrons. The minimum Gasteiger partial charge on any atom is -0.508 e. The number of phenolic OH excluding ortho intramolecular Hbond substituents is 1. The molecule has 1 aromatic heterocycles. The number of carboxylic acid groups (broad SMARTS) is 1. The van der Waals surface area contributed by atoms with E-state index in [-0.39, 0.29) is 18.0 Å². The van der Waals surface area contributed by atoms with Gasteiger partial charge in [0.2, 0.25) is 5.91 Å². The number of carbonyl (C=O) groups excluding carboxylic acids is 2. The van der Waals surface area contributed by atoms with Gasteiger partial charge in [-0.3, -0.25) is 19.4 Å². The van der Waals surface area contributed by atoms with Gasteiger partial charge in [0, 0.05) is 17.0 Å². The molecule has 1 aromatic carbocycles. The number of phenols is 1. The Balaban J connectivity index is 1.72. The third-order valence-corrected chi connectivity index (χ3v) is 6.63. The molecule has 10 nitrogen and oxygen atoms in total. The molecular weight excluding hydrogens is 418 g/mol. The first-order valence-electron chi connectivity index (χ1n) is 8.43. The summed E-state index contributed by atoms with van der Waals surface area (Å²) in [6, 6.07) is 4.92. The molecule has 2 aliphatic heterocycles. The van der Waals surface area contributed by atoms with Crippen LogP contribution in [0.5, 0.6) is 5.75 Å². The first-order valence-corrected chi connectivity index (χ1v) is 10.4. The fourth-order valence-corrected chi connectivity index (χ4v) is 5.42. The summed E-state index contributed by atoms with van der Waals surface area (Å²) in [4.78, 5) is 40.0. The fraction of sp³-hybridized carbons (Fsp3) is 0.235. The standard InChI is InChI=1S/C17H15N5O5S2/c18-5-11(24)21(8-1-3-9(23)4-2-8)13-15(25)22-12(17(26)27)10(6-28-16(13)22)14-20-19-7-29-14/h1-4,7,13,16,23H,5-6,18H2,(H,26,27)/t13?,16-/m0/s1. The monoisotopic (exact) mass is 433 g/mol. The molecule has 4 N–H and O–H groups in total. The second-order valence-electron chi connectivity index (χ2n) is 6.22. The molecule has 1 saturated heterocycles. The van der Waals surface area contributed by atoms with Crippen molar-refractivity contribution in [2.24, 2.45) is 5.73 Å². The van der Waals surface area contributed by atoms with Crippen LogP contribution in [0.15, 0.2) is 35.5 Å². The van der Waals surface area contributed by atoms with E-state index in [1.54, 1.807) is 0 Å². The highest BCUT2D eigenvalue weighted by Crippen LogP contribution is 2.46. The maximum absolute atomic E-state index is 13.0. The molecule has 4 rings (SSSR count). The number of aromatic hydroxyl groups is 1. The van der Waals surface area contributed by atoms with E-state index >= 15 is 0 Å². The van der Waals surface area contributed by atoms with Crippen molar-refractivity contribution in [2.45, 2.75) is 11.4 Å². The largest absolute Gasteiger partial charge is 0.508 e. The molecule has 0 spiro atoms. The SMILES string of the molecule is NCC(=O)N(c1ccc(O)cc1)C1C(=O)N2C(C(=O)O)=C(c3nncs3)CS[C@@H]12. The Labute approximate surface area is 172 Å². The number of aliphatic carboxylic acids is 1. The van der Waals surface area contributed by atoms with Crippen molar-refractivity contribution in [2.75, 3.05) is 17.2 Å². The van der Waals surface area contributed by atoms with Crippen LogP contribution in [0.3, 0.4) is 0 Å². The lowest BCUT2D eigenvalue weighted by atomic mass is 10.00. The summed E-state index contributed by atoms with van der Waals surface area (Å²) in [6.07, 6.45) is 0. The fourth-order valence-electron chi connectivity index (χ4n) is 3.34. The van der Waals surface area contributed by atoms with Crippen molar-refractivity contribution >= 4 is 52.1 Å². The number of benzene rings is 1. The van der Waals surface area contributed by atoms with Crippen LogP contribution in [0, 0.1) is 0 Å². The van der Waals surface area contributed by atoms with Crippen LogP contribution in [0.2, 0.25) is 0 Å². The topological polar surface area (TPSA) is 150 Å². The zero-order chi connectivity index (χ0) is 20.7. The third kappa shape index (κ3) is 3.14. The van der Waals surface area contributed by atoms with Crippen LogP contribution in [0.1, 0.15) is 5.01 Å². The van der Waals surface area contributed by atoms with Gasteiger partial charge in [0.05, 0.1) is 6.54 Å². The van der Waals surface area contributed by atoms with Gasteiger partial charge in [-0.25, -0.2) is 4.79 Å². The average molecular weight is 433 g/mol. The van der Waals surface area contributed by atoms with Crippen LogP contribution < -0.4 is 10.6 Å². The number of nitrogens with two attached hydrogens (primary N) is 1. The number of carboxylic acids is 1. The zero-order valence-electron chi connectivity index (χ0n) is 14.8. The van der Waals surface area contributed by atoms with Crippen LogP contribution in [0.25, 0.3) is 5.57 Å². The second-order valence-corrected chi connectivity index (χ2v) is 8.15. The van der Waals surface area contributed by atoms with Crippen molar-refractivity contribution in [1.82, 2.24) is 15.1 Å². The number of nitrogens with zero attached hydrogens (tertiary/aromatic N) is 4. The molecule has 0 bridgehead atoms. The van der Waals surface area contributed by atoms with Crippen molar-refractivity contribution in [3.05, 3.63) is 40.5 Å². The maximum Gasteiger partial charge on any atom is 0.353 e. The van der Waals surface area contributed by atoms with Crippen LogP contribution in [-0.2, 0) is 14.4 Å². The predicted molar refractivity (Wildman–Crippen MR) is 106 cm³/mol. The number of β-lactam (4-membered cyclic amide) rings is 1. The zero-order valence-corrected chi connectivity index (χ0v) is 16.4. The lowest BCUT2D eigenvalue weighted by molar-refractivity contribution is -0.148. The molecule has 0 aliphatic carbocycles. The number of amides is 2. The molecular formula is C17H15N5O5S2. The molecule has 0 radical (unpaired) electrons. The van der Waals surface area contributed by atoms with E-state index in [1.165, 1.54) is 62.7 Å². The number of carbonyl (C=O) groups is 3. The van der Waals surface area contributed by atoms with Gasteiger partial charge in [0.15, 0.2) is 0 Å². The molecule has 0 saturated carbocycles. The van der Waals surface area contributed by atoms with E-state index in [4.69, 9.17) is 5.73 Å². The summed E-state index contributed by atoms with van der Waals surface area (Å²) >= 11 is 2.54. The van der Waals surface area contributed by atoms with Gasteiger partial charge < -0.3 is 15.9 Å². The highest BCUT2D eigenvalue weighted by molar-refractivity contribution is 8.00. The normalized spacial score (nSPS) is 20.9. The van der Waals surface area contributed by atoms with Gasteiger partial charge in [-0.15, -0.1) is 33.3 Å². The van der Waals surface area contributed by atoms with Crippen LogP contribution in [0.4, 0.5) is 5.69 Å². The van der Waals surface area contributed by atoms with Gasteiger partial charge in [-0.2, -0.15) is 0 Å². The number of fused-ring (bicyclic) bond motifs is 1. The Kier molecular flexibility index (Phi) is 4.98. The first kappa shape index (κ1) is 19.4. The molecule has 3 heterocycles. The summed E-state index contributed by atoms with van der Waals surface area (Å²) in [5, 5.41) is 26.8. The molecule has 2 amide bonds. The van der Waals surface area contributed by atoms with E-state index in [2.05, 4.69) is 10.2 Å². The number of hydrogen-bond acceptors (Lipinski definition) is 9. The van der Waals surface area contributed by atoms with E-state index in [0.29, 0.717) is 22.0 Å². The van der Waals surface area contributed by atoms with Crippen molar-refractivity contribution in [3.8, 4) is 5.75 Å². The number of rotatable bonds is 5. The van der Waals surface area contributed by atoms with Crippen molar-refractivity contribution < 1.29 is 24.6 Å². The Morgan fingerprint density at radius 1 is 1.31 bits per heavy atom. The summed E-state index contributed by atoms with van der Waals surface area (Å²) in [7, 11) is 0. The number of anilines is 1. The summed E-state index contributed by atoms with van der Waals surface area (Å²) in [6.45, 7) is -0.320. The molecule has 2 atom stereocenters. The van der Waals surface area contributed by atoms with Gasteiger partial charge in [0.1, 0.15) is 33.4 Å². The first-order chi connectivity index (χ1) is 13.9. The smallest absolute Gasteiger partial charge is 0.353 e. The number of thioether (sulfide) groups is 1. The van der Waals surface area contributed by atoms with E-state index in [1.807, 2.05) is 0 Å². The lowest BCUT2D eigenvalue weighted by Gasteiger charge is -2.52. The van der Waals surface area contributed by atoms with Gasteiger partial charge in [0.25, 0.3) is 5.91 Å². The Bertz CT molecular complexity index is 1010. The van der Waals surface area contributed by atoms with Crippen LogP contribution in [-0.4, -0.2) is 66.8 Å². The minimum atomic E-state index is -1.24. The lowest BCUT2D eigenvalue weighted by Crippen LogP contribution is -2.72. The average Bonchev–Trinajstić information content (AvgIpc) is 3.25. The summed E-state index contributed by atoms with van der Waals surface area (Å²) in [5.41, 5.74) is 7.71. The van der Waals surface area contributed by atoms with Crippen LogP contribution >= 0.6 is 23.1 Å². The molecule has 2 aliphatic rings. The second kappa shape index (κ2) is 7.46. The Morgan fingerprint density at radius 3 is 2.62 bits per heavy atom. The maximum atomic E-state index is 13.0. The summed E-state index contributed by atoms with van der Waals surface area (Å²) in [5.74, 6) is -1.92.